The lowest BCUT2D eigenvalue weighted by Gasteiger charge is -2.07. The first-order chi connectivity index (χ1) is 8.36. The number of aromatic nitrogens is 1. The molecule has 0 bridgehead atoms. The summed E-state index contributed by atoms with van der Waals surface area (Å²) in [6.07, 6.45) is 6.86. The van der Waals surface area contributed by atoms with Crippen molar-refractivity contribution in [2.75, 3.05) is 13.7 Å². The molecule has 1 saturated heterocycles. The third kappa shape index (κ3) is 2.39. The van der Waals surface area contributed by atoms with Gasteiger partial charge in [-0.05, 0) is 19.3 Å². The zero-order valence-corrected chi connectivity index (χ0v) is 11.1. The Kier molecular flexibility index (Phi) is 3.45. The van der Waals surface area contributed by atoms with E-state index in [1.807, 2.05) is 11.3 Å². The molecule has 4 heteroatoms. The van der Waals surface area contributed by atoms with Crippen LogP contribution in [0.3, 0.4) is 0 Å². The fourth-order valence-corrected chi connectivity index (χ4v) is 3.97. The molecule has 1 aromatic rings. The molecule has 0 amide bonds. The average molecular weight is 252 g/mol. The van der Waals surface area contributed by atoms with Crippen LogP contribution in [-0.4, -0.2) is 24.7 Å². The number of hydrogen-bond donors (Lipinski definition) is 1. The van der Waals surface area contributed by atoms with Gasteiger partial charge >= 0.3 is 0 Å². The maximum absolute atomic E-state index is 5.38. The van der Waals surface area contributed by atoms with Crippen LogP contribution >= 0.6 is 11.3 Å². The summed E-state index contributed by atoms with van der Waals surface area (Å²) < 4.78 is 5.38. The minimum absolute atomic E-state index is 0.358. The lowest BCUT2D eigenvalue weighted by molar-refractivity contribution is 0.117. The van der Waals surface area contributed by atoms with Gasteiger partial charge in [0.25, 0.3) is 0 Å². The predicted octanol–water partition coefficient (Wildman–Crippen LogP) is 2.85. The van der Waals surface area contributed by atoms with Crippen LogP contribution in [0, 0.1) is 0 Å². The van der Waals surface area contributed by atoms with E-state index < -0.39 is 0 Å². The van der Waals surface area contributed by atoms with Gasteiger partial charge in [0.2, 0.25) is 0 Å². The van der Waals surface area contributed by atoms with E-state index in [4.69, 9.17) is 9.72 Å². The molecule has 0 spiro atoms. The van der Waals surface area contributed by atoms with Gasteiger partial charge < -0.3 is 10.1 Å². The van der Waals surface area contributed by atoms with Crippen LogP contribution < -0.4 is 5.32 Å². The SMILES string of the molecule is COC1CNC(c2csc(C3CCCC3)n2)C1. The Morgan fingerprint density at radius 1 is 1.41 bits per heavy atom. The van der Waals surface area contributed by atoms with Gasteiger partial charge in [-0.1, -0.05) is 12.8 Å². The highest BCUT2D eigenvalue weighted by Gasteiger charge is 2.28. The highest BCUT2D eigenvalue weighted by atomic mass is 32.1. The standard InChI is InChI=1S/C13H20N2OS/c1-16-10-6-11(14-7-10)12-8-17-13(15-12)9-4-2-3-5-9/h8-11,14H,2-7H2,1H3. The van der Waals surface area contributed by atoms with Crippen molar-refractivity contribution in [2.24, 2.45) is 0 Å². The summed E-state index contributed by atoms with van der Waals surface area (Å²) in [5.41, 5.74) is 1.23. The summed E-state index contributed by atoms with van der Waals surface area (Å²) in [5.74, 6) is 0.744. The Bertz CT molecular complexity index is 373. The molecule has 3 nitrogen and oxygen atoms in total. The van der Waals surface area contributed by atoms with Gasteiger partial charge in [0.05, 0.1) is 22.8 Å². The third-order valence-electron chi connectivity index (χ3n) is 4.02. The zero-order chi connectivity index (χ0) is 11.7. The van der Waals surface area contributed by atoms with Crippen LogP contribution in [0.15, 0.2) is 5.38 Å². The second-order valence-corrected chi connectivity index (χ2v) is 6.04. The lowest BCUT2D eigenvalue weighted by atomic mass is 10.1. The first-order valence-electron chi connectivity index (χ1n) is 6.58. The summed E-state index contributed by atoms with van der Waals surface area (Å²) in [7, 11) is 1.79. The number of nitrogens with one attached hydrogen (secondary N) is 1. The van der Waals surface area contributed by atoms with Crippen molar-refractivity contribution in [3.63, 3.8) is 0 Å². The number of rotatable bonds is 3. The summed E-state index contributed by atoms with van der Waals surface area (Å²) in [6, 6.07) is 0.409. The smallest absolute Gasteiger partial charge is 0.0959 e. The molecule has 1 N–H and O–H groups in total. The number of methoxy groups -OCH3 is 1. The van der Waals surface area contributed by atoms with E-state index in [9.17, 15) is 0 Å². The van der Waals surface area contributed by atoms with Crippen molar-refractivity contribution in [3.8, 4) is 0 Å². The van der Waals surface area contributed by atoms with E-state index in [1.165, 1.54) is 36.4 Å². The molecular weight excluding hydrogens is 232 g/mol. The van der Waals surface area contributed by atoms with E-state index in [1.54, 1.807) is 7.11 Å². The lowest BCUT2D eigenvalue weighted by Crippen LogP contribution is -2.16. The molecule has 3 rings (SSSR count). The number of thiazole rings is 1. The van der Waals surface area contributed by atoms with Crippen molar-refractivity contribution in [3.05, 3.63) is 16.1 Å². The monoisotopic (exact) mass is 252 g/mol. The van der Waals surface area contributed by atoms with E-state index in [2.05, 4.69) is 10.7 Å². The van der Waals surface area contributed by atoms with Gasteiger partial charge in [0.15, 0.2) is 0 Å². The van der Waals surface area contributed by atoms with Crippen LogP contribution in [0.2, 0.25) is 0 Å². The maximum Gasteiger partial charge on any atom is 0.0959 e. The maximum atomic E-state index is 5.38. The molecule has 1 aromatic heterocycles. The van der Waals surface area contributed by atoms with Gasteiger partial charge in [0, 0.05) is 25.0 Å². The normalized spacial score (nSPS) is 30.2. The van der Waals surface area contributed by atoms with Gasteiger partial charge in [0.1, 0.15) is 0 Å². The summed E-state index contributed by atoms with van der Waals surface area (Å²) >= 11 is 1.85. The van der Waals surface area contributed by atoms with Crippen molar-refractivity contribution >= 4 is 11.3 Å². The van der Waals surface area contributed by atoms with Crippen LogP contribution in [0.1, 0.15) is 54.8 Å². The van der Waals surface area contributed by atoms with Gasteiger partial charge in [-0.3, -0.25) is 0 Å². The Labute approximate surface area is 107 Å². The fraction of sp³-hybridized carbons (Fsp3) is 0.769. The molecule has 0 aromatic carbocycles. The largest absolute Gasteiger partial charge is 0.380 e. The molecule has 1 aliphatic carbocycles. The summed E-state index contributed by atoms with van der Waals surface area (Å²) in [6.45, 7) is 0.956. The Morgan fingerprint density at radius 2 is 2.24 bits per heavy atom. The Balaban J connectivity index is 1.68. The van der Waals surface area contributed by atoms with Gasteiger partial charge in [-0.25, -0.2) is 4.98 Å². The number of hydrogen-bond acceptors (Lipinski definition) is 4. The van der Waals surface area contributed by atoms with E-state index in [0.717, 1.165) is 18.9 Å². The highest BCUT2D eigenvalue weighted by molar-refractivity contribution is 7.09. The molecular formula is C13H20N2OS. The molecule has 17 heavy (non-hydrogen) atoms. The molecule has 2 atom stereocenters. The van der Waals surface area contributed by atoms with Gasteiger partial charge in [-0.2, -0.15) is 0 Å². The van der Waals surface area contributed by atoms with E-state index >= 15 is 0 Å². The van der Waals surface area contributed by atoms with E-state index in [-0.39, 0.29) is 0 Å². The second-order valence-electron chi connectivity index (χ2n) is 5.15. The molecule has 0 radical (unpaired) electrons. The third-order valence-corrected chi connectivity index (χ3v) is 5.05. The van der Waals surface area contributed by atoms with Crippen LogP contribution in [-0.2, 0) is 4.74 Å². The Morgan fingerprint density at radius 3 is 2.94 bits per heavy atom. The molecule has 1 saturated carbocycles. The van der Waals surface area contributed by atoms with Crippen LogP contribution in [0.25, 0.3) is 0 Å². The van der Waals surface area contributed by atoms with Gasteiger partial charge in [-0.15, -0.1) is 11.3 Å². The van der Waals surface area contributed by atoms with E-state index in [0.29, 0.717) is 12.1 Å². The quantitative estimate of drug-likeness (QED) is 0.898. The second kappa shape index (κ2) is 5.04. The van der Waals surface area contributed by atoms with Crippen molar-refractivity contribution < 1.29 is 4.74 Å². The molecule has 2 aliphatic rings. The first-order valence-corrected chi connectivity index (χ1v) is 7.46. The first kappa shape index (κ1) is 11.6. The Hall–Kier alpha value is -0.450. The molecule has 2 unspecified atom stereocenters. The molecule has 2 heterocycles. The summed E-state index contributed by atoms with van der Waals surface area (Å²) in [4.78, 5) is 4.84. The zero-order valence-electron chi connectivity index (χ0n) is 10.3. The predicted molar refractivity (Wildman–Crippen MR) is 69.5 cm³/mol. The average Bonchev–Trinajstić information content (AvgIpc) is 3.09. The van der Waals surface area contributed by atoms with Crippen molar-refractivity contribution in [2.45, 2.75) is 50.2 Å². The molecule has 1 aliphatic heterocycles. The fourth-order valence-electron chi connectivity index (χ4n) is 2.93. The minimum atomic E-state index is 0.358. The van der Waals surface area contributed by atoms with Crippen molar-refractivity contribution in [1.82, 2.24) is 10.3 Å². The van der Waals surface area contributed by atoms with Crippen LogP contribution in [0.4, 0.5) is 0 Å². The van der Waals surface area contributed by atoms with Crippen molar-refractivity contribution in [1.29, 1.82) is 0 Å². The number of nitrogens with zero attached hydrogens (tertiary/aromatic N) is 1. The minimum Gasteiger partial charge on any atom is -0.380 e. The molecule has 2 fully saturated rings. The highest BCUT2D eigenvalue weighted by Crippen LogP contribution is 2.37. The number of ether oxygens (including phenoxy) is 1. The molecule has 94 valence electrons. The topological polar surface area (TPSA) is 34.1 Å². The summed E-state index contributed by atoms with van der Waals surface area (Å²) in [5, 5.41) is 7.10. The van der Waals surface area contributed by atoms with Crippen LogP contribution in [0.5, 0.6) is 0 Å².